The van der Waals surface area contributed by atoms with E-state index in [1.807, 2.05) is 6.07 Å². The Morgan fingerprint density at radius 2 is 1.69 bits per heavy atom. The van der Waals surface area contributed by atoms with Crippen LogP contribution in [0.15, 0.2) is 35.7 Å². The molecule has 2 aromatic rings. The third-order valence-electron chi connectivity index (χ3n) is 2.65. The lowest BCUT2D eigenvalue weighted by molar-refractivity contribution is 0.596. The molecule has 0 aliphatic heterocycles. The van der Waals surface area contributed by atoms with E-state index in [4.69, 9.17) is 5.73 Å². The molecule has 0 spiro atoms. The van der Waals surface area contributed by atoms with Crippen molar-refractivity contribution in [3.05, 3.63) is 41.3 Å². The quantitative estimate of drug-likeness (QED) is 0.778. The zero-order valence-electron chi connectivity index (χ0n) is 9.95. The van der Waals surface area contributed by atoms with Crippen LogP contribution >= 0.6 is 11.3 Å². The minimum Gasteiger partial charge on any atom is -0.390 e. The van der Waals surface area contributed by atoms with Crippen molar-refractivity contribution in [3.63, 3.8) is 0 Å². The summed E-state index contributed by atoms with van der Waals surface area (Å²) < 4.78 is 0. The van der Waals surface area contributed by atoms with Crippen LogP contribution < -0.4 is 5.73 Å². The molecule has 1 aromatic heterocycles. The van der Waals surface area contributed by atoms with E-state index in [0.717, 1.165) is 5.00 Å². The molecule has 0 atom stereocenters. The summed E-state index contributed by atoms with van der Waals surface area (Å²) in [4.78, 5) is 0. The minimum absolute atomic E-state index is 0.0925. The number of hydrogen-bond donors (Lipinski definition) is 1. The highest BCUT2D eigenvalue weighted by Gasteiger charge is 2.23. The lowest BCUT2D eigenvalue weighted by Gasteiger charge is -2.21. The molecular formula is C14H17NS. The molecule has 0 bridgehead atoms. The lowest BCUT2D eigenvalue weighted by atomic mass is 9.84. The molecule has 1 heterocycles. The minimum atomic E-state index is 0.0925. The summed E-state index contributed by atoms with van der Waals surface area (Å²) in [6, 6.07) is 10.4. The predicted molar refractivity (Wildman–Crippen MR) is 72.9 cm³/mol. The van der Waals surface area contributed by atoms with Crippen LogP contribution in [0.25, 0.3) is 11.1 Å². The van der Waals surface area contributed by atoms with Crippen molar-refractivity contribution < 1.29 is 0 Å². The molecule has 2 heteroatoms. The molecular weight excluding hydrogens is 214 g/mol. The summed E-state index contributed by atoms with van der Waals surface area (Å²) >= 11 is 1.63. The molecule has 1 nitrogen and oxygen atoms in total. The summed E-state index contributed by atoms with van der Waals surface area (Å²) in [7, 11) is 0. The second-order valence-corrected chi connectivity index (χ2v) is 5.92. The second kappa shape index (κ2) is 3.95. The van der Waals surface area contributed by atoms with Gasteiger partial charge in [-0.25, -0.2) is 0 Å². The number of hydrogen-bond acceptors (Lipinski definition) is 2. The summed E-state index contributed by atoms with van der Waals surface area (Å²) in [6.45, 7) is 6.62. The summed E-state index contributed by atoms with van der Waals surface area (Å²) in [5.74, 6) is 0. The van der Waals surface area contributed by atoms with E-state index in [-0.39, 0.29) is 5.41 Å². The van der Waals surface area contributed by atoms with Gasteiger partial charge in [0.2, 0.25) is 0 Å². The topological polar surface area (TPSA) is 26.0 Å². The molecule has 0 unspecified atom stereocenters. The van der Waals surface area contributed by atoms with Gasteiger partial charge in [-0.15, -0.1) is 11.3 Å². The molecule has 2 N–H and O–H groups in total. The van der Waals surface area contributed by atoms with Gasteiger partial charge >= 0.3 is 0 Å². The molecule has 0 saturated carbocycles. The van der Waals surface area contributed by atoms with Gasteiger partial charge in [-0.1, -0.05) is 51.1 Å². The number of nitrogens with two attached hydrogens (primary N) is 1. The molecule has 16 heavy (non-hydrogen) atoms. The number of nitrogen functional groups attached to an aromatic ring is 1. The molecule has 2 rings (SSSR count). The monoisotopic (exact) mass is 231 g/mol. The summed E-state index contributed by atoms with van der Waals surface area (Å²) in [6.07, 6.45) is 0. The highest BCUT2D eigenvalue weighted by Crippen LogP contribution is 2.41. The average molecular weight is 231 g/mol. The maximum absolute atomic E-state index is 6.08. The highest BCUT2D eigenvalue weighted by atomic mass is 32.1. The Balaban J connectivity index is 2.60. The average Bonchev–Trinajstić information content (AvgIpc) is 2.61. The van der Waals surface area contributed by atoms with Gasteiger partial charge in [0.25, 0.3) is 0 Å². The first kappa shape index (κ1) is 11.2. The molecule has 1 aromatic carbocycles. The van der Waals surface area contributed by atoms with Crippen LogP contribution in [-0.2, 0) is 5.41 Å². The Labute approximate surface area is 101 Å². The molecule has 84 valence electrons. The van der Waals surface area contributed by atoms with Gasteiger partial charge in [0.1, 0.15) is 0 Å². The van der Waals surface area contributed by atoms with Crippen LogP contribution in [0, 0.1) is 0 Å². The van der Waals surface area contributed by atoms with Crippen molar-refractivity contribution in [3.8, 4) is 11.1 Å². The van der Waals surface area contributed by atoms with E-state index in [0.29, 0.717) is 0 Å². The standard InChI is InChI=1S/C14H17NS/c1-14(2,3)12-11(9-16-13(12)15)10-7-5-4-6-8-10/h4-9H,15H2,1-3H3. The Morgan fingerprint density at radius 3 is 2.25 bits per heavy atom. The van der Waals surface area contributed by atoms with E-state index in [2.05, 4.69) is 50.4 Å². The van der Waals surface area contributed by atoms with Crippen LogP contribution in [0.1, 0.15) is 26.3 Å². The SMILES string of the molecule is CC(C)(C)c1c(-c2ccccc2)csc1N. The molecule has 0 amide bonds. The zero-order chi connectivity index (χ0) is 11.8. The fourth-order valence-electron chi connectivity index (χ4n) is 1.98. The van der Waals surface area contributed by atoms with Crippen molar-refractivity contribution >= 4 is 16.3 Å². The zero-order valence-corrected chi connectivity index (χ0v) is 10.8. The van der Waals surface area contributed by atoms with Crippen molar-refractivity contribution in [2.75, 3.05) is 5.73 Å². The van der Waals surface area contributed by atoms with Crippen LogP contribution in [0.2, 0.25) is 0 Å². The number of anilines is 1. The summed E-state index contributed by atoms with van der Waals surface area (Å²) in [5, 5.41) is 3.09. The lowest BCUT2D eigenvalue weighted by Crippen LogP contribution is -2.13. The van der Waals surface area contributed by atoms with Gasteiger partial charge in [-0.2, -0.15) is 0 Å². The Kier molecular flexibility index (Phi) is 2.76. The van der Waals surface area contributed by atoms with Crippen molar-refractivity contribution in [2.45, 2.75) is 26.2 Å². The molecule has 0 radical (unpaired) electrons. The largest absolute Gasteiger partial charge is 0.390 e. The third-order valence-corrected chi connectivity index (χ3v) is 3.47. The molecule has 0 saturated heterocycles. The van der Waals surface area contributed by atoms with Crippen LogP contribution in [0.3, 0.4) is 0 Å². The van der Waals surface area contributed by atoms with Crippen molar-refractivity contribution in [1.29, 1.82) is 0 Å². The Hall–Kier alpha value is -1.28. The van der Waals surface area contributed by atoms with Crippen LogP contribution in [0.5, 0.6) is 0 Å². The van der Waals surface area contributed by atoms with E-state index in [9.17, 15) is 0 Å². The summed E-state index contributed by atoms with van der Waals surface area (Å²) in [5.41, 5.74) is 9.97. The number of rotatable bonds is 1. The maximum Gasteiger partial charge on any atom is 0.0900 e. The number of thiophene rings is 1. The van der Waals surface area contributed by atoms with E-state index >= 15 is 0 Å². The van der Waals surface area contributed by atoms with Crippen molar-refractivity contribution in [2.24, 2.45) is 0 Å². The van der Waals surface area contributed by atoms with Gasteiger partial charge in [-0.3, -0.25) is 0 Å². The fourth-order valence-corrected chi connectivity index (χ4v) is 3.01. The molecule has 0 aliphatic rings. The first-order chi connectivity index (χ1) is 7.50. The first-order valence-electron chi connectivity index (χ1n) is 5.43. The normalized spacial score (nSPS) is 11.7. The van der Waals surface area contributed by atoms with Crippen molar-refractivity contribution in [1.82, 2.24) is 0 Å². The van der Waals surface area contributed by atoms with E-state index in [1.54, 1.807) is 11.3 Å². The highest BCUT2D eigenvalue weighted by molar-refractivity contribution is 7.14. The van der Waals surface area contributed by atoms with Gasteiger partial charge in [-0.05, 0) is 22.1 Å². The van der Waals surface area contributed by atoms with Crippen LogP contribution in [0.4, 0.5) is 5.00 Å². The molecule has 0 aliphatic carbocycles. The fraction of sp³-hybridized carbons (Fsp3) is 0.286. The Morgan fingerprint density at radius 1 is 1.06 bits per heavy atom. The van der Waals surface area contributed by atoms with Gasteiger partial charge in [0, 0.05) is 5.38 Å². The second-order valence-electron chi connectivity index (χ2n) is 5.00. The van der Waals surface area contributed by atoms with Gasteiger partial charge in [0.05, 0.1) is 5.00 Å². The van der Waals surface area contributed by atoms with E-state index in [1.165, 1.54) is 16.7 Å². The van der Waals surface area contributed by atoms with Crippen LogP contribution in [-0.4, -0.2) is 0 Å². The maximum atomic E-state index is 6.08. The predicted octanol–water partition coefficient (Wildman–Crippen LogP) is 4.29. The van der Waals surface area contributed by atoms with Gasteiger partial charge in [0.15, 0.2) is 0 Å². The smallest absolute Gasteiger partial charge is 0.0900 e. The number of benzene rings is 1. The van der Waals surface area contributed by atoms with Gasteiger partial charge < -0.3 is 5.73 Å². The first-order valence-corrected chi connectivity index (χ1v) is 6.31. The molecule has 0 fully saturated rings. The van der Waals surface area contributed by atoms with E-state index < -0.39 is 0 Å². The third kappa shape index (κ3) is 1.98. The Bertz CT molecular complexity index is 477.